The van der Waals surface area contributed by atoms with Crippen molar-refractivity contribution >= 4 is 23.1 Å². The molecule has 1 aromatic carbocycles. The zero-order valence-corrected chi connectivity index (χ0v) is 16.5. The molecule has 0 radical (unpaired) electrons. The number of aromatic nitrogens is 2. The van der Waals surface area contributed by atoms with Crippen molar-refractivity contribution in [3.05, 3.63) is 79.5 Å². The molecule has 0 N–H and O–H groups in total. The molecule has 134 valence electrons. The van der Waals surface area contributed by atoms with Crippen molar-refractivity contribution in [2.24, 2.45) is 0 Å². The Hall–Kier alpha value is -1.85. The van der Waals surface area contributed by atoms with Crippen molar-refractivity contribution in [2.75, 3.05) is 0 Å². The summed E-state index contributed by atoms with van der Waals surface area (Å²) in [4.78, 5) is 18.5. The lowest BCUT2D eigenvalue weighted by molar-refractivity contribution is 0.571. The van der Waals surface area contributed by atoms with E-state index in [9.17, 15) is 4.79 Å². The number of hydrogen-bond acceptors (Lipinski definition) is 4. The molecule has 4 rings (SSSR count). The Bertz CT molecular complexity index is 961. The van der Waals surface area contributed by atoms with Gasteiger partial charge in [-0.05, 0) is 55.2 Å². The van der Waals surface area contributed by atoms with Gasteiger partial charge in [-0.25, -0.2) is 4.79 Å². The van der Waals surface area contributed by atoms with E-state index in [-0.39, 0.29) is 5.69 Å². The maximum Gasteiger partial charge on any atom is 0.349 e. The number of thioether (sulfide) groups is 1. The van der Waals surface area contributed by atoms with Crippen LogP contribution in [0.2, 0.25) is 0 Å². The Labute approximate surface area is 162 Å². The van der Waals surface area contributed by atoms with E-state index in [0.29, 0.717) is 6.54 Å². The second-order valence-electron chi connectivity index (χ2n) is 6.71. The highest BCUT2D eigenvalue weighted by Gasteiger charge is 2.21. The molecule has 0 spiro atoms. The molecular formula is C21H22N2OS2. The lowest BCUT2D eigenvalue weighted by Gasteiger charge is -2.22. The molecule has 0 unspecified atom stereocenters. The summed E-state index contributed by atoms with van der Waals surface area (Å²) < 4.78 is 1.90. The lowest BCUT2D eigenvalue weighted by Crippen LogP contribution is -2.30. The van der Waals surface area contributed by atoms with Gasteiger partial charge in [-0.3, -0.25) is 4.57 Å². The fraction of sp³-hybridized carbons (Fsp3) is 0.333. The third-order valence-electron chi connectivity index (χ3n) is 4.97. The molecule has 0 aliphatic heterocycles. The molecule has 0 fully saturated rings. The minimum absolute atomic E-state index is 0.105. The minimum Gasteiger partial charge on any atom is -0.291 e. The van der Waals surface area contributed by atoms with Crippen molar-refractivity contribution in [2.45, 2.75) is 49.9 Å². The fourth-order valence-electron chi connectivity index (χ4n) is 3.51. The van der Waals surface area contributed by atoms with Gasteiger partial charge in [0.05, 0.1) is 6.54 Å². The van der Waals surface area contributed by atoms with Crippen LogP contribution in [0.1, 0.15) is 40.1 Å². The second-order valence-corrected chi connectivity index (χ2v) is 8.71. The smallest absolute Gasteiger partial charge is 0.291 e. The Balaban J connectivity index is 1.66. The maximum atomic E-state index is 12.8. The average molecular weight is 383 g/mol. The molecule has 26 heavy (non-hydrogen) atoms. The summed E-state index contributed by atoms with van der Waals surface area (Å²) in [7, 11) is 0. The molecule has 1 aliphatic rings. The second kappa shape index (κ2) is 7.80. The molecule has 0 saturated carbocycles. The molecule has 0 saturated heterocycles. The Morgan fingerprint density at radius 2 is 2.00 bits per heavy atom. The van der Waals surface area contributed by atoms with Crippen molar-refractivity contribution < 1.29 is 0 Å². The molecule has 3 aromatic rings. The zero-order valence-electron chi connectivity index (χ0n) is 14.9. The molecule has 3 nitrogen and oxygen atoms in total. The van der Waals surface area contributed by atoms with Gasteiger partial charge in [-0.2, -0.15) is 4.98 Å². The number of nitrogens with zero attached hydrogens (tertiary/aromatic N) is 2. The molecule has 1 aliphatic carbocycles. The van der Waals surface area contributed by atoms with Crippen molar-refractivity contribution in [1.29, 1.82) is 0 Å². The van der Waals surface area contributed by atoms with Gasteiger partial charge in [0.1, 0.15) is 5.03 Å². The van der Waals surface area contributed by atoms with E-state index in [1.54, 1.807) is 23.1 Å². The van der Waals surface area contributed by atoms with Crippen LogP contribution in [-0.4, -0.2) is 9.55 Å². The van der Waals surface area contributed by atoms with Gasteiger partial charge in [0.15, 0.2) is 0 Å². The summed E-state index contributed by atoms with van der Waals surface area (Å²) in [6.07, 6.45) is 4.35. The normalized spacial score (nSPS) is 13.6. The molecule has 0 amide bonds. The van der Waals surface area contributed by atoms with Gasteiger partial charge < -0.3 is 0 Å². The number of thiophene rings is 1. The summed E-state index contributed by atoms with van der Waals surface area (Å²) in [5, 5.41) is 3.00. The first-order chi connectivity index (χ1) is 12.7. The average Bonchev–Trinajstić information content (AvgIpc) is 3.17. The number of fused-ring (bicyclic) bond motifs is 1. The molecule has 0 bridgehead atoms. The van der Waals surface area contributed by atoms with Crippen molar-refractivity contribution in [3.63, 3.8) is 0 Å². The van der Waals surface area contributed by atoms with E-state index in [4.69, 9.17) is 0 Å². The van der Waals surface area contributed by atoms with Crippen molar-refractivity contribution in [3.8, 4) is 0 Å². The van der Waals surface area contributed by atoms with Gasteiger partial charge in [0.25, 0.3) is 0 Å². The van der Waals surface area contributed by atoms with Gasteiger partial charge in [0.2, 0.25) is 0 Å². The van der Waals surface area contributed by atoms with Crippen LogP contribution in [0.3, 0.4) is 0 Å². The van der Waals surface area contributed by atoms with Crippen LogP contribution in [-0.2, 0) is 25.1 Å². The highest BCUT2D eigenvalue weighted by atomic mass is 32.2. The summed E-state index contributed by atoms with van der Waals surface area (Å²) in [6.45, 7) is 2.78. The summed E-state index contributed by atoms with van der Waals surface area (Å²) in [6, 6.07) is 12.6. The minimum atomic E-state index is -0.105. The van der Waals surface area contributed by atoms with E-state index in [1.807, 2.05) is 10.6 Å². The standard InChI is InChI=1S/C21H22N2OS2/c1-15-7-2-3-8-16(15)14-26-20-18-10-4-5-11-19(18)23(21(24)22-20)13-17-9-6-12-25-17/h2-3,6-9,12H,4-5,10-11,13-14H2,1H3. The number of aryl methyl sites for hydroxylation is 1. The third-order valence-corrected chi connectivity index (χ3v) is 6.90. The fourth-order valence-corrected chi connectivity index (χ4v) is 5.35. The van der Waals surface area contributed by atoms with Crippen LogP contribution in [0.15, 0.2) is 51.6 Å². The number of rotatable bonds is 5. The van der Waals surface area contributed by atoms with Gasteiger partial charge >= 0.3 is 5.69 Å². The maximum absolute atomic E-state index is 12.8. The number of benzene rings is 1. The molecule has 2 heterocycles. The third kappa shape index (κ3) is 3.64. The summed E-state index contributed by atoms with van der Waals surface area (Å²) in [5.41, 5.74) is 5.00. The van der Waals surface area contributed by atoms with Crippen LogP contribution in [0.4, 0.5) is 0 Å². The largest absolute Gasteiger partial charge is 0.349 e. The molecule has 2 aromatic heterocycles. The molecule has 5 heteroatoms. The predicted molar refractivity (Wildman–Crippen MR) is 109 cm³/mol. The first kappa shape index (κ1) is 17.6. The molecule has 0 atom stereocenters. The first-order valence-corrected chi connectivity index (χ1v) is 10.9. The summed E-state index contributed by atoms with van der Waals surface area (Å²) in [5.74, 6) is 0.862. The van der Waals surface area contributed by atoms with Gasteiger partial charge in [-0.1, -0.05) is 30.3 Å². The van der Waals surface area contributed by atoms with Crippen molar-refractivity contribution in [1.82, 2.24) is 9.55 Å². The van der Waals surface area contributed by atoms with Gasteiger partial charge in [-0.15, -0.1) is 23.1 Å². The monoisotopic (exact) mass is 382 g/mol. The van der Waals surface area contributed by atoms with Crippen LogP contribution in [0.5, 0.6) is 0 Å². The van der Waals surface area contributed by atoms with E-state index >= 15 is 0 Å². The molecular weight excluding hydrogens is 360 g/mol. The lowest BCUT2D eigenvalue weighted by atomic mass is 9.97. The van der Waals surface area contributed by atoms with Crippen LogP contribution < -0.4 is 5.69 Å². The quantitative estimate of drug-likeness (QED) is 0.468. The SMILES string of the molecule is Cc1ccccc1CSc1nc(=O)n(Cc2cccs2)c2c1CCCC2. The van der Waals surface area contributed by atoms with E-state index < -0.39 is 0 Å². The van der Waals surface area contributed by atoms with Crippen LogP contribution in [0.25, 0.3) is 0 Å². The number of hydrogen-bond donors (Lipinski definition) is 0. The Kier molecular flexibility index (Phi) is 5.27. The highest BCUT2D eigenvalue weighted by Crippen LogP contribution is 2.31. The highest BCUT2D eigenvalue weighted by molar-refractivity contribution is 7.98. The predicted octanol–water partition coefficient (Wildman–Crippen LogP) is 4.83. The zero-order chi connectivity index (χ0) is 17.9. The Morgan fingerprint density at radius 1 is 1.15 bits per heavy atom. The van der Waals surface area contributed by atoms with Gasteiger partial charge in [0, 0.05) is 21.9 Å². The van der Waals surface area contributed by atoms with Crippen LogP contribution >= 0.6 is 23.1 Å². The van der Waals surface area contributed by atoms with E-state index in [2.05, 4.69) is 47.6 Å². The van der Waals surface area contributed by atoms with Crippen LogP contribution in [0, 0.1) is 6.92 Å². The first-order valence-electron chi connectivity index (χ1n) is 9.04. The topological polar surface area (TPSA) is 34.9 Å². The Morgan fingerprint density at radius 3 is 2.81 bits per heavy atom. The summed E-state index contributed by atoms with van der Waals surface area (Å²) >= 11 is 3.41. The van der Waals surface area contributed by atoms with E-state index in [0.717, 1.165) is 30.0 Å². The van der Waals surface area contributed by atoms with E-state index in [1.165, 1.54) is 33.7 Å².